The van der Waals surface area contributed by atoms with Crippen LogP contribution >= 0.6 is 0 Å². The largest absolute Gasteiger partial charge is 0.316 e. The van der Waals surface area contributed by atoms with Gasteiger partial charge in [-0.05, 0) is 61.1 Å². The molecule has 1 fully saturated rings. The fourth-order valence-electron chi connectivity index (χ4n) is 3.22. The summed E-state index contributed by atoms with van der Waals surface area (Å²) in [7, 11) is 2.07. The van der Waals surface area contributed by atoms with Crippen LogP contribution in [0.3, 0.4) is 0 Å². The van der Waals surface area contributed by atoms with Crippen molar-refractivity contribution in [1.29, 1.82) is 0 Å². The Morgan fingerprint density at radius 1 is 1.30 bits per heavy atom. The van der Waals surface area contributed by atoms with Crippen LogP contribution in [0.1, 0.15) is 50.6 Å². The molecule has 1 aliphatic rings. The Labute approximate surface area is 123 Å². The molecule has 0 radical (unpaired) electrons. The van der Waals surface area contributed by atoms with E-state index in [0.29, 0.717) is 6.04 Å². The molecule has 1 saturated heterocycles. The van der Waals surface area contributed by atoms with E-state index in [9.17, 15) is 0 Å². The Balaban J connectivity index is 2.15. The van der Waals surface area contributed by atoms with E-state index in [1.54, 1.807) is 0 Å². The second-order valence-corrected chi connectivity index (χ2v) is 7.09. The van der Waals surface area contributed by atoms with E-state index in [2.05, 4.69) is 56.6 Å². The maximum atomic E-state index is 4.76. The van der Waals surface area contributed by atoms with Gasteiger partial charge in [0.25, 0.3) is 0 Å². The molecule has 0 saturated carbocycles. The number of aryl methyl sites for hydroxylation is 1. The van der Waals surface area contributed by atoms with Crippen LogP contribution in [-0.2, 0) is 12.1 Å². The molecule has 20 heavy (non-hydrogen) atoms. The summed E-state index contributed by atoms with van der Waals surface area (Å²) < 4.78 is 2.18. The lowest BCUT2D eigenvalue weighted by Gasteiger charge is -2.32. The number of rotatable bonds is 3. The second kappa shape index (κ2) is 5.86. The lowest BCUT2D eigenvalue weighted by molar-refractivity contribution is 0.187. The van der Waals surface area contributed by atoms with Crippen LogP contribution in [0.15, 0.2) is 0 Å². The summed E-state index contributed by atoms with van der Waals surface area (Å²) in [5.41, 5.74) is 3.98. The van der Waals surface area contributed by atoms with Crippen molar-refractivity contribution in [3.63, 3.8) is 0 Å². The third-order valence-electron chi connectivity index (χ3n) is 4.37. The van der Waals surface area contributed by atoms with Gasteiger partial charge in [0.1, 0.15) is 0 Å². The topological polar surface area (TPSA) is 33.1 Å². The average Bonchev–Trinajstić information content (AvgIpc) is 2.67. The molecule has 4 nitrogen and oxygen atoms in total. The zero-order valence-corrected chi connectivity index (χ0v) is 14.0. The van der Waals surface area contributed by atoms with Crippen molar-refractivity contribution in [2.45, 2.75) is 65.6 Å². The Bertz CT molecular complexity index is 456. The van der Waals surface area contributed by atoms with Crippen molar-refractivity contribution in [3.05, 3.63) is 17.0 Å². The number of nitrogens with zero attached hydrogens (tertiary/aromatic N) is 3. The fraction of sp³-hybridized carbons (Fsp3) is 0.812. The van der Waals surface area contributed by atoms with Gasteiger partial charge in [0, 0.05) is 30.4 Å². The van der Waals surface area contributed by atoms with E-state index < -0.39 is 0 Å². The summed E-state index contributed by atoms with van der Waals surface area (Å²) in [6, 6.07) is 0.641. The summed E-state index contributed by atoms with van der Waals surface area (Å²) in [4.78, 5) is 2.56. The van der Waals surface area contributed by atoms with Crippen LogP contribution < -0.4 is 5.32 Å². The van der Waals surface area contributed by atoms with E-state index in [4.69, 9.17) is 5.10 Å². The van der Waals surface area contributed by atoms with Crippen molar-refractivity contribution in [1.82, 2.24) is 20.0 Å². The molecule has 1 aliphatic heterocycles. The first-order valence-corrected chi connectivity index (χ1v) is 7.78. The number of likely N-dealkylation sites (N-methyl/N-ethyl adjacent to an activating group) is 1. The summed E-state index contributed by atoms with van der Waals surface area (Å²) in [6.45, 7) is 14.4. The number of nitrogens with one attached hydrogen (secondary N) is 1. The van der Waals surface area contributed by atoms with Crippen molar-refractivity contribution >= 4 is 0 Å². The van der Waals surface area contributed by atoms with Gasteiger partial charge in [-0.1, -0.05) is 0 Å². The summed E-state index contributed by atoms with van der Waals surface area (Å²) in [5, 5.41) is 8.18. The number of hydrogen-bond donors (Lipinski definition) is 1. The van der Waals surface area contributed by atoms with Gasteiger partial charge >= 0.3 is 0 Å². The zero-order valence-electron chi connectivity index (χ0n) is 14.0. The van der Waals surface area contributed by atoms with E-state index in [-0.39, 0.29) is 5.54 Å². The summed E-state index contributed by atoms with van der Waals surface area (Å²) in [6.07, 6.45) is 2.59. The molecule has 1 atom stereocenters. The predicted octanol–water partition coefficient (Wildman–Crippen LogP) is 2.44. The van der Waals surface area contributed by atoms with Gasteiger partial charge in [-0.25, -0.2) is 0 Å². The predicted molar refractivity (Wildman–Crippen MR) is 84.1 cm³/mol. The second-order valence-electron chi connectivity index (χ2n) is 7.09. The molecule has 0 aliphatic carbocycles. The van der Waals surface area contributed by atoms with Crippen LogP contribution in [0.5, 0.6) is 0 Å². The SMILES string of the molecule is CNC1CCCN(Cc2c(C)nn(C(C)(C)C)c2C)C1. The van der Waals surface area contributed by atoms with E-state index in [0.717, 1.165) is 13.1 Å². The van der Waals surface area contributed by atoms with Crippen LogP contribution in [0, 0.1) is 13.8 Å². The van der Waals surface area contributed by atoms with Gasteiger partial charge in [-0.2, -0.15) is 5.10 Å². The van der Waals surface area contributed by atoms with Gasteiger partial charge in [0.05, 0.1) is 11.2 Å². The van der Waals surface area contributed by atoms with Crippen molar-refractivity contribution < 1.29 is 0 Å². The molecule has 1 N–H and O–H groups in total. The number of aromatic nitrogens is 2. The molecular formula is C16H30N4. The molecule has 0 bridgehead atoms. The molecule has 1 unspecified atom stereocenters. The molecule has 0 aromatic carbocycles. The minimum atomic E-state index is 0.0580. The molecule has 0 amide bonds. The molecule has 1 aromatic rings. The molecule has 2 rings (SSSR count). The molecule has 2 heterocycles. The summed E-state index contributed by atoms with van der Waals surface area (Å²) in [5.74, 6) is 0. The van der Waals surface area contributed by atoms with Gasteiger partial charge < -0.3 is 5.32 Å². The maximum Gasteiger partial charge on any atom is 0.0641 e. The summed E-state index contributed by atoms with van der Waals surface area (Å²) >= 11 is 0. The minimum absolute atomic E-state index is 0.0580. The number of hydrogen-bond acceptors (Lipinski definition) is 3. The molecule has 114 valence electrons. The highest BCUT2D eigenvalue weighted by Crippen LogP contribution is 2.23. The maximum absolute atomic E-state index is 4.76. The highest BCUT2D eigenvalue weighted by Gasteiger charge is 2.24. The molecule has 1 aromatic heterocycles. The first-order chi connectivity index (χ1) is 9.32. The lowest BCUT2D eigenvalue weighted by Crippen LogP contribution is -2.44. The standard InChI is InChI=1S/C16H30N4/c1-12-15(13(2)20(18-12)16(3,4)5)11-19-9-7-8-14(10-19)17-6/h14,17H,7-11H2,1-6H3. The van der Waals surface area contributed by atoms with Crippen molar-refractivity contribution in [3.8, 4) is 0 Å². The molecule has 4 heteroatoms. The zero-order chi connectivity index (χ0) is 14.9. The smallest absolute Gasteiger partial charge is 0.0641 e. The van der Waals surface area contributed by atoms with Gasteiger partial charge in [0.15, 0.2) is 0 Å². The third-order valence-corrected chi connectivity index (χ3v) is 4.37. The Kier molecular flexibility index (Phi) is 4.55. The highest BCUT2D eigenvalue weighted by atomic mass is 15.3. The monoisotopic (exact) mass is 278 g/mol. The third kappa shape index (κ3) is 3.23. The number of likely N-dealkylation sites (tertiary alicyclic amines) is 1. The fourth-order valence-corrected chi connectivity index (χ4v) is 3.22. The van der Waals surface area contributed by atoms with E-state index >= 15 is 0 Å². The minimum Gasteiger partial charge on any atom is -0.316 e. The lowest BCUT2D eigenvalue weighted by atomic mass is 10.0. The Morgan fingerprint density at radius 3 is 2.55 bits per heavy atom. The van der Waals surface area contributed by atoms with Crippen molar-refractivity contribution in [2.75, 3.05) is 20.1 Å². The van der Waals surface area contributed by atoms with Crippen LogP contribution in [0.25, 0.3) is 0 Å². The molecule has 0 spiro atoms. The van der Waals surface area contributed by atoms with Crippen LogP contribution in [0.4, 0.5) is 0 Å². The first kappa shape index (κ1) is 15.5. The van der Waals surface area contributed by atoms with Gasteiger partial charge in [-0.3, -0.25) is 9.58 Å². The number of piperidine rings is 1. The van der Waals surface area contributed by atoms with E-state index in [1.807, 2.05) is 0 Å². The molecular weight excluding hydrogens is 248 g/mol. The average molecular weight is 278 g/mol. The van der Waals surface area contributed by atoms with Crippen LogP contribution in [-0.4, -0.2) is 40.9 Å². The normalized spacial score (nSPS) is 21.4. The highest BCUT2D eigenvalue weighted by molar-refractivity contribution is 5.25. The van der Waals surface area contributed by atoms with Crippen molar-refractivity contribution in [2.24, 2.45) is 0 Å². The first-order valence-electron chi connectivity index (χ1n) is 7.78. The van der Waals surface area contributed by atoms with Gasteiger partial charge in [0.2, 0.25) is 0 Å². The Morgan fingerprint density at radius 2 is 2.00 bits per heavy atom. The van der Waals surface area contributed by atoms with E-state index in [1.165, 1.54) is 36.3 Å². The quantitative estimate of drug-likeness (QED) is 0.922. The Hall–Kier alpha value is -0.870. The van der Waals surface area contributed by atoms with Crippen LogP contribution in [0.2, 0.25) is 0 Å². The van der Waals surface area contributed by atoms with Gasteiger partial charge in [-0.15, -0.1) is 0 Å².